The minimum atomic E-state index is 0.129. The van der Waals surface area contributed by atoms with E-state index in [1.54, 1.807) is 0 Å². The Morgan fingerprint density at radius 3 is 2.68 bits per heavy atom. The number of aryl methyl sites for hydroxylation is 1. The van der Waals surface area contributed by atoms with Crippen molar-refractivity contribution < 1.29 is 4.74 Å². The van der Waals surface area contributed by atoms with E-state index in [4.69, 9.17) is 4.74 Å². The first-order valence-electron chi connectivity index (χ1n) is 7.50. The number of hydrogen-bond donors (Lipinski definition) is 1. The maximum atomic E-state index is 6.08. The topological polar surface area (TPSA) is 21.3 Å². The van der Waals surface area contributed by atoms with Crippen LogP contribution in [-0.2, 0) is 11.8 Å². The van der Waals surface area contributed by atoms with Crippen LogP contribution in [0.2, 0.25) is 0 Å². The van der Waals surface area contributed by atoms with E-state index in [0.717, 1.165) is 25.3 Å². The highest BCUT2D eigenvalue weighted by Gasteiger charge is 2.21. The van der Waals surface area contributed by atoms with E-state index in [-0.39, 0.29) is 5.41 Å². The van der Waals surface area contributed by atoms with Crippen molar-refractivity contribution in [3.05, 3.63) is 29.3 Å². The van der Waals surface area contributed by atoms with Crippen LogP contribution in [0.4, 0.5) is 0 Å². The van der Waals surface area contributed by atoms with Crippen molar-refractivity contribution >= 4 is 0 Å². The molecule has 1 heterocycles. The minimum absolute atomic E-state index is 0.129. The summed E-state index contributed by atoms with van der Waals surface area (Å²) < 4.78 is 6.08. The van der Waals surface area contributed by atoms with Crippen LogP contribution in [0.5, 0.6) is 5.75 Å². The molecule has 1 aromatic rings. The number of hydrogen-bond acceptors (Lipinski definition) is 2. The number of nitrogens with one attached hydrogen (secondary N) is 1. The Morgan fingerprint density at radius 1 is 1.32 bits per heavy atom. The van der Waals surface area contributed by atoms with E-state index in [2.05, 4.69) is 51.2 Å². The first-order chi connectivity index (χ1) is 9.00. The van der Waals surface area contributed by atoms with Crippen LogP contribution in [0, 0.1) is 0 Å². The lowest BCUT2D eigenvalue weighted by Crippen LogP contribution is -2.28. The minimum Gasteiger partial charge on any atom is -0.492 e. The summed E-state index contributed by atoms with van der Waals surface area (Å²) in [6.45, 7) is 10.9. The molecule has 1 fully saturated rings. The highest BCUT2D eigenvalue weighted by atomic mass is 16.5. The lowest BCUT2D eigenvalue weighted by molar-refractivity contribution is 0.271. The predicted molar refractivity (Wildman–Crippen MR) is 81.0 cm³/mol. The van der Waals surface area contributed by atoms with Crippen LogP contribution in [-0.4, -0.2) is 19.2 Å². The van der Waals surface area contributed by atoms with Gasteiger partial charge in [0, 0.05) is 6.04 Å². The van der Waals surface area contributed by atoms with Crippen LogP contribution in [0.3, 0.4) is 0 Å². The van der Waals surface area contributed by atoms with Gasteiger partial charge in [-0.2, -0.15) is 0 Å². The van der Waals surface area contributed by atoms with Crippen molar-refractivity contribution in [3.8, 4) is 5.75 Å². The Kier molecular flexibility index (Phi) is 4.51. The van der Waals surface area contributed by atoms with E-state index >= 15 is 0 Å². The summed E-state index contributed by atoms with van der Waals surface area (Å²) in [7, 11) is 0. The molecule has 0 aromatic heterocycles. The quantitative estimate of drug-likeness (QED) is 0.892. The molecule has 1 N–H and O–H groups in total. The molecule has 1 saturated heterocycles. The van der Waals surface area contributed by atoms with Gasteiger partial charge in [0.25, 0.3) is 0 Å². The molecule has 2 heteroatoms. The van der Waals surface area contributed by atoms with Gasteiger partial charge < -0.3 is 10.1 Å². The van der Waals surface area contributed by atoms with Crippen LogP contribution in [0.25, 0.3) is 0 Å². The fraction of sp³-hybridized carbons (Fsp3) is 0.647. The van der Waals surface area contributed by atoms with Gasteiger partial charge in [0.2, 0.25) is 0 Å². The zero-order valence-corrected chi connectivity index (χ0v) is 12.8. The molecule has 1 aromatic carbocycles. The first-order valence-corrected chi connectivity index (χ1v) is 7.50. The maximum Gasteiger partial charge on any atom is 0.123 e. The van der Waals surface area contributed by atoms with E-state index in [0.29, 0.717) is 6.04 Å². The molecule has 0 amide bonds. The molecule has 106 valence electrons. The van der Waals surface area contributed by atoms with Crippen molar-refractivity contribution in [3.63, 3.8) is 0 Å². The molecule has 0 saturated carbocycles. The van der Waals surface area contributed by atoms with Gasteiger partial charge in [0.1, 0.15) is 12.4 Å². The summed E-state index contributed by atoms with van der Waals surface area (Å²) in [5.74, 6) is 1.05. The Labute approximate surface area is 117 Å². The monoisotopic (exact) mass is 261 g/mol. The summed E-state index contributed by atoms with van der Waals surface area (Å²) in [5, 5.41) is 3.48. The number of rotatable bonds is 4. The second-order valence-corrected chi connectivity index (χ2v) is 6.54. The van der Waals surface area contributed by atoms with Gasteiger partial charge in [0.05, 0.1) is 0 Å². The molecule has 0 unspecified atom stereocenters. The lowest BCUT2D eigenvalue weighted by Gasteiger charge is -2.24. The summed E-state index contributed by atoms with van der Waals surface area (Å²) in [4.78, 5) is 0. The normalized spacial score (nSPS) is 19.7. The third kappa shape index (κ3) is 3.73. The van der Waals surface area contributed by atoms with E-state index in [1.807, 2.05) is 0 Å². The number of benzene rings is 1. The van der Waals surface area contributed by atoms with Gasteiger partial charge in [-0.05, 0) is 48.4 Å². The van der Waals surface area contributed by atoms with Gasteiger partial charge in [0.15, 0.2) is 0 Å². The van der Waals surface area contributed by atoms with Crippen molar-refractivity contribution in [2.75, 3.05) is 13.2 Å². The first kappa shape index (κ1) is 14.4. The fourth-order valence-corrected chi connectivity index (χ4v) is 2.60. The molecule has 2 nitrogen and oxygen atoms in total. The van der Waals surface area contributed by atoms with Crippen molar-refractivity contribution in [1.82, 2.24) is 5.32 Å². The largest absolute Gasteiger partial charge is 0.492 e. The summed E-state index contributed by atoms with van der Waals surface area (Å²) in [5.41, 5.74) is 2.84. The Morgan fingerprint density at radius 2 is 2.11 bits per heavy atom. The van der Waals surface area contributed by atoms with Crippen LogP contribution >= 0.6 is 0 Å². The predicted octanol–water partition coefficient (Wildman–Crippen LogP) is 3.68. The van der Waals surface area contributed by atoms with E-state index in [9.17, 15) is 0 Å². The Hall–Kier alpha value is -1.02. The highest BCUT2D eigenvalue weighted by molar-refractivity contribution is 5.41. The van der Waals surface area contributed by atoms with Crippen LogP contribution < -0.4 is 10.1 Å². The molecule has 0 spiro atoms. The average Bonchev–Trinajstić information content (AvgIpc) is 2.88. The number of ether oxygens (including phenoxy) is 1. The molecule has 1 aliphatic heterocycles. The van der Waals surface area contributed by atoms with Gasteiger partial charge in [-0.25, -0.2) is 0 Å². The summed E-state index contributed by atoms with van der Waals surface area (Å²) >= 11 is 0. The lowest BCUT2D eigenvalue weighted by atomic mass is 9.85. The van der Waals surface area contributed by atoms with Crippen molar-refractivity contribution in [2.24, 2.45) is 0 Å². The maximum absolute atomic E-state index is 6.08. The Bertz CT molecular complexity index is 414. The average molecular weight is 261 g/mol. The zero-order chi connectivity index (χ0) is 13.9. The SMILES string of the molecule is CCc1ccc(OC[C@H]2CCCN2)c(C(C)(C)C)c1. The molecule has 1 aliphatic rings. The van der Waals surface area contributed by atoms with E-state index < -0.39 is 0 Å². The van der Waals surface area contributed by atoms with E-state index in [1.165, 1.54) is 24.0 Å². The molecule has 0 aliphatic carbocycles. The third-order valence-corrected chi connectivity index (χ3v) is 3.86. The summed E-state index contributed by atoms with van der Waals surface area (Å²) in [6.07, 6.45) is 3.58. The highest BCUT2D eigenvalue weighted by Crippen LogP contribution is 2.32. The molecule has 19 heavy (non-hydrogen) atoms. The van der Waals surface area contributed by atoms with Crippen LogP contribution in [0.15, 0.2) is 18.2 Å². The Balaban J connectivity index is 2.13. The second-order valence-electron chi connectivity index (χ2n) is 6.54. The molecule has 2 rings (SSSR count). The third-order valence-electron chi connectivity index (χ3n) is 3.86. The van der Waals surface area contributed by atoms with Gasteiger partial charge >= 0.3 is 0 Å². The molecule has 1 atom stereocenters. The van der Waals surface area contributed by atoms with Gasteiger partial charge in [-0.3, -0.25) is 0 Å². The van der Waals surface area contributed by atoms with Crippen molar-refractivity contribution in [2.45, 2.75) is 58.4 Å². The standard InChI is InChI=1S/C17H27NO/c1-5-13-8-9-16(15(11-13)17(2,3)4)19-12-14-7-6-10-18-14/h8-9,11,14,18H,5-7,10,12H2,1-4H3/t14-/m1/s1. The second kappa shape index (κ2) is 5.96. The fourth-order valence-electron chi connectivity index (χ4n) is 2.60. The summed E-state index contributed by atoms with van der Waals surface area (Å²) in [6, 6.07) is 7.16. The van der Waals surface area contributed by atoms with Crippen LogP contribution in [0.1, 0.15) is 51.7 Å². The van der Waals surface area contributed by atoms with Gasteiger partial charge in [-0.1, -0.05) is 39.8 Å². The van der Waals surface area contributed by atoms with Crippen molar-refractivity contribution in [1.29, 1.82) is 0 Å². The molecular formula is C17H27NO. The van der Waals surface area contributed by atoms with Gasteiger partial charge in [-0.15, -0.1) is 0 Å². The zero-order valence-electron chi connectivity index (χ0n) is 12.8. The molecule has 0 radical (unpaired) electrons. The molecular weight excluding hydrogens is 234 g/mol. The molecule has 0 bridgehead atoms. The smallest absolute Gasteiger partial charge is 0.123 e.